The van der Waals surface area contributed by atoms with Gasteiger partial charge in [-0.15, -0.1) is 0 Å². The van der Waals surface area contributed by atoms with E-state index in [0.29, 0.717) is 12.3 Å². The summed E-state index contributed by atoms with van der Waals surface area (Å²) in [6, 6.07) is 0. The minimum Gasteiger partial charge on any atom is -0.379 e. The van der Waals surface area contributed by atoms with Gasteiger partial charge in [-0.1, -0.05) is 20.3 Å². The third-order valence-corrected chi connectivity index (χ3v) is 2.75. The van der Waals surface area contributed by atoms with Crippen molar-refractivity contribution in [3.63, 3.8) is 0 Å². The fourth-order valence-corrected chi connectivity index (χ4v) is 1.73. The lowest BCUT2D eigenvalue weighted by atomic mass is 10.0. The van der Waals surface area contributed by atoms with Gasteiger partial charge in [0.2, 0.25) is 0 Å². The van der Waals surface area contributed by atoms with Gasteiger partial charge < -0.3 is 4.74 Å². The summed E-state index contributed by atoms with van der Waals surface area (Å²) >= 11 is 0. The van der Waals surface area contributed by atoms with Gasteiger partial charge in [-0.05, 0) is 6.42 Å². The average molecular weight is 199 g/mol. The van der Waals surface area contributed by atoms with Crippen LogP contribution >= 0.6 is 0 Å². The number of ketones is 1. The van der Waals surface area contributed by atoms with Crippen molar-refractivity contribution in [3.8, 4) is 0 Å². The van der Waals surface area contributed by atoms with Gasteiger partial charge in [0.05, 0.1) is 19.8 Å². The van der Waals surface area contributed by atoms with E-state index in [1.165, 1.54) is 0 Å². The minimum atomic E-state index is 0.225. The van der Waals surface area contributed by atoms with Crippen LogP contribution in [0.3, 0.4) is 0 Å². The largest absolute Gasteiger partial charge is 0.379 e. The minimum absolute atomic E-state index is 0.225. The van der Waals surface area contributed by atoms with Crippen molar-refractivity contribution in [2.24, 2.45) is 5.92 Å². The van der Waals surface area contributed by atoms with E-state index in [-0.39, 0.29) is 5.92 Å². The van der Waals surface area contributed by atoms with E-state index in [1.54, 1.807) is 0 Å². The first-order valence-corrected chi connectivity index (χ1v) is 5.57. The van der Waals surface area contributed by atoms with E-state index in [1.807, 2.05) is 6.92 Å². The number of nitrogens with zero attached hydrogens (tertiary/aromatic N) is 1. The van der Waals surface area contributed by atoms with Gasteiger partial charge in [-0.2, -0.15) is 0 Å². The molecular weight excluding hydrogens is 178 g/mol. The summed E-state index contributed by atoms with van der Waals surface area (Å²) in [5, 5.41) is 0. The monoisotopic (exact) mass is 199 g/mol. The van der Waals surface area contributed by atoms with Crippen molar-refractivity contribution >= 4 is 5.78 Å². The SMILES string of the molecule is CCCC(C)C(=O)CN1CCOCC1. The summed E-state index contributed by atoms with van der Waals surface area (Å²) in [6.07, 6.45) is 2.11. The van der Waals surface area contributed by atoms with Crippen LogP contribution < -0.4 is 0 Å². The fourth-order valence-electron chi connectivity index (χ4n) is 1.73. The Morgan fingerprint density at radius 2 is 2.07 bits per heavy atom. The smallest absolute Gasteiger partial charge is 0.149 e. The first-order chi connectivity index (χ1) is 6.74. The van der Waals surface area contributed by atoms with Gasteiger partial charge in [-0.25, -0.2) is 0 Å². The highest BCUT2D eigenvalue weighted by molar-refractivity contribution is 5.82. The van der Waals surface area contributed by atoms with E-state index in [2.05, 4.69) is 11.8 Å². The maximum atomic E-state index is 11.7. The average Bonchev–Trinajstić information content (AvgIpc) is 2.19. The summed E-state index contributed by atoms with van der Waals surface area (Å²) in [7, 11) is 0. The summed E-state index contributed by atoms with van der Waals surface area (Å²) in [4.78, 5) is 13.9. The molecule has 3 nitrogen and oxygen atoms in total. The fraction of sp³-hybridized carbons (Fsp3) is 0.909. The molecule has 0 aromatic carbocycles. The summed E-state index contributed by atoms with van der Waals surface area (Å²) in [6.45, 7) is 8.13. The van der Waals surface area contributed by atoms with E-state index in [9.17, 15) is 4.79 Å². The van der Waals surface area contributed by atoms with Crippen LogP contribution in [0.4, 0.5) is 0 Å². The highest BCUT2D eigenvalue weighted by Crippen LogP contribution is 2.08. The molecule has 1 aliphatic rings. The Balaban J connectivity index is 2.24. The topological polar surface area (TPSA) is 29.5 Å². The number of hydrogen-bond acceptors (Lipinski definition) is 3. The molecule has 0 amide bonds. The number of carbonyl (C=O) groups is 1. The Hall–Kier alpha value is -0.410. The molecule has 1 unspecified atom stereocenters. The van der Waals surface area contributed by atoms with Gasteiger partial charge in [0.15, 0.2) is 0 Å². The molecule has 0 N–H and O–H groups in total. The van der Waals surface area contributed by atoms with E-state index in [4.69, 9.17) is 4.74 Å². The Morgan fingerprint density at radius 1 is 1.43 bits per heavy atom. The van der Waals surface area contributed by atoms with E-state index >= 15 is 0 Å². The van der Waals surface area contributed by atoms with Crippen molar-refractivity contribution < 1.29 is 9.53 Å². The van der Waals surface area contributed by atoms with Crippen LogP contribution in [0.1, 0.15) is 26.7 Å². The van der Waals surface area contributed by atoms with E-state index < -0.39 is 0 Å². The first-order valence-electron chi connectivity index (χ1n) is 5.57. The number of hydrogen-bond donors (Lipinski definition) is 0. The Bertz CT molecular complexity index is 176. The molecule has 3 heteroatoms. The second kappa shape index (κ2) is 6.14. The zero-order chi connectivity index (χ0) is 10.4. The number of rotatable bonds is 5. The quantitative estimate of drug-likeness (QED) is 0.669. The summed E-state index contributed by atoms with van der Waals surface area (Å²) < 4.78 is 5.24. The van der Waals surface area contributed by atoms with Crippen LogP contribution in [0.2, 0.25) is 0 Å². The molecule has 0 aromatic rings. The summed E-state index contributed by atoms with van der Waals surface area (Å²) in [5.41, 5.74) is 0. The molecule has 0 saturated carbocycles. The Labute approximate surface area is 86.4 Å². The van der Waals surface area contributed by atoms with Gasteiger partial charge in [-0.3, -0.25) is 9.69 Å². The van der Waals surface area contributed by atoms with Gasteiger partial charge >= 0.3 is 0 Å². The molecule has 82 valence electrons. The molecule has 1 atom stereocenters. The molecule has 1 rings (SSSR count). The molecule has 14 heavy (non-hydrogen) atoms. The molecule has 1 saturated heterocycles. The number of ether oxygens (including phenoxy) is 1. The predicted molar refractivity (Wildman–Crippen MR) is 56.3 cm³/mol. The number of carbonyl (C=O) groups excluding carboxylic acids is 1. The van der Waals surface area contributed by atoms with Crippen LogP contribution in [-0.4, -0.2) is 43.5 Å². The Kier molecular flexibility index (Phi) is 5.12. The molecular formula is C11H21NO2. The lowest BCUT2D eigenvalue weighted by molar-refractivity contribution is -0.124. The maximum absolute atomic E-state index is 11.7. The third-order valence-electron chi connectivity index (χ3n) is 2.75. The zero-order valence-electron chi connectivity index (χ0n) is 9.29. The molecule has 0 radical (unpaired) electrons. The van der Waals surface area contributed by atoms with E-state index in [0.717, 1.165) is 39.1 Å². The first kappa shape index (κ1) is 11.7. The molecule has 1 aliphatic heterocycles. The molecule has 0 spiro atoms. The van der Waals surface area contributed by atoms with Crippen molar-refractivity contribution in [2.75, 3.05) is 32.8 Å². The van der Waals surface area contributed by atoms with Crippen LogP contribution in [0.25, 0.3) is 0 Å². The lowest BCUT2D eigenvalue weighted by Crippen LogP contribution is -2.40. The highest BCUT2D eigenvalue weighted by atomic mass is 16.5. The second-order valence-electron chi connectivity index (χ2n) is 4.04. The molecule has 0 aliphatic carbocycles. The highest BCUT2D eigenvalue weighted by Gasteiger charge is 2.17. The van der Waals surface area contributed by atoms with Crippen molar-refractivity contribution in [3.05, 3.63) is 0 Å². The molecule has 0 bridgehead atoms. The number of Topliss-reactive ketones (excluding diaryl/α,β-unsaturated/α-hetero) is 1. The molecule has 1 fully saturated rings. The van der Waals surface area contributed by atoms with Crippen LogP contribution in [-0.2, 0) is 9.53 Å². The van der Waals surface area contributed by atoms with Crippen molar-refractivity contribution in [1.82, 2.24) is 4.90 Å². The lowest BCUT2D eigenvalue weighted by Gasteiger charge is -2.26. The van der Waals surface area contributed by atoms with Crippen LogP contribution in [0, 0.1) is 5.92 Å². The third kappa shape index (κ3) is 3.76. The summed E-state index contributed by atoms with van der Waals surface area (Å²) in [5.74, 6) is 0.608. The maximum Gasteiger partial charge on any atom is 0.149 e. The van der Waals surface area contributed by atoms with Crippen molar-refractivity contribution in [1.29, 1.82) is 0 Å². The Morgan fingerprint density at radius 3 is 2.64 bits per heavy atom. The van der Waals surface area contributed by atoms with Gasteiger partial charge in [0.1, 0.15) is 5.78 Å². The van der Waals surface area contributed by atoms with Crippen LogP contribution in [0.5, 0.6) is 0 Å². The van der Waals surface area contributed by atoms with Crippen LogP contribution in [0.15, 0.2) is 0 Å². The predicted octanol–water partition coefficient (Wildman–Crippen LogP) is 1.32. The van der Waals surface area contributed by atoms with Gasteiger partial charge in [0.25, 0.3) is 0 Å². The van der Waals surface area contributed by atoms with Crippen molar-refractivity contribution in [2.45, 2.75) is 26.7 Å². The van der Waals surface area contributed by atoms with Gasteiger partial charge in [0, 0.05) is 19.0 Å². The zero-order valence-corrected chi connectivity index (χ0v) is 9.29. The second-order valence-corrected chi connectivity index (χ2v) is 4.04. The number of morpholine rings is 1. The standard InChI is InChI=1S/C11H21NO2/c1-3-4-10(2)11(13)9-12-5-7-14-8-6-12/h10H,3-9H2,1-2H3. The normalized spacial score (nSPS) is 20.7. The molecule has 1 heterocycles. The molecule has 0 aromatic heterocycles.